The van der Waals surface area contributed by atoms with Crippen molar-refractivity contribution < 1.29 is 0 Å². The quantitative estimate of drug-likeness (QED) is 0.640. The molecule has 0 aliphatic carbocycles. The Morgan fingerprint density at radius 2 is 2.26 bits per heavy atom. The zero-order valence-electron chi connectivity index (χ0n) is 11.0. The van der Waals surface area contributed by atoms with E-state index >= 15 is 0 Å². The maximum atomic E-state index is 5.45. The molecule has 0 saturated heterocycles. The number of aliphatic imine (C=N–C) groups is 1. The lowest BCUT2D eigenvalue weighted by molar-refractivity contribution is 1.04. The summed E-state index contributed by atoms with van der Waals surface area (Å²) in [4.78, 5) is 7.64. The minimum atomic E-state index is 0.723. The number of rotatable bonds is 2. The van der Waals surface area contributed by atoms with Crippen molar-refractivity contribution in [2.45, 2.75) is 20.3 Å². The van der Waals surface area contributed by atoms with Crippen LogP contribution in [0.4, 0.5) is 0 Å². The maximum Gasteiger partial charge on any atom is 0.182 e. The van der Waals surface area contributed by atoms with Crippen molar-refractivity contribution in [3.8, 4) is 0 Å². The van der Waals surface area contributed by atoms with Crippen LogP contribution in [-0.4, -0.2) is 15.8 Å². The molecule has 3 rings (SSSR count). The summed E-state index contributed by atoms with van der Waals surface area (Å²) in [6.07, 6.45) is 6.80. The van der Waals surface area contributed by atoms with Gasteiger partial charge in [0, 0.05) is 30.1 Å². The van der Waals surface area contributed by atoms with Crippen LogP contribution in [-0.2, 0) is 0 Å². The molecule has 96 valence electrons. The molecule has 0 atom stereocenters. The van der Waals surface area contributed by atoms with Gasteiger partial charge in [-0.2, -0.15) is 0 Å². The Kier molecular flexibility index (Phi) is 2.95. The Labute approximate surface area is 117 Å². The molecule has 0 bridgehead atoms. The maximum absolute atomic E-state index is 5.45. The smallest absolute Gasteiger partial charge is 0.182 e. The fourth-order valence-electron chi connectivity index (χ4n) is 2.28. The monoisotopic (exact) mass is 269 g/mol. The van der Waals surface area contributed by atoms with E-state index < -0.39 is 0 Å². The molecular weight excluding hydrogens is 254 g/mol. The van der Waals surface area contributed by atoms with Crippen molar-refractivity contribution in [3.05, 3.63) is 46.4 Å². The van der Waals surface area contributed by atoms with Gasteiger partial charge in [-0.05, 0) is 32.1 Å². The fraction of sp³-hybridized carbons (Fsp3) is 0.200. The first-order chi connectivity index (χ1) is 9.16. The standard InChI is InChI=1S/C15H15N3S/c1-10(2)6-7-12-9-16-8-11-4-3-5-13-14(11)18(12)15(19)17-13/h3-6,8-9H,7H2,1-2H3,(H,17,19). The van der Waals surface area contributed by atoms with E-state index in [0.717, 1.165) is 33.5 Å². The predicted octanol–water partition coefficient (Wildman–Crippen LogP) is 4.29. The van der Waals surface area contributed by atoms with E-state index in [-0.39, 0.29) is 0 Å². The summed E-state index contributed by atoms with van der Waals surface area (Å²) < 4.78 is 2.81. The lowest BCUT2D eigenvalue weighted by atomic mass is 10.2. The van der Waals surface area contributed by atoms with Gasteiger partial charge in [0.05, 0.1) is 11.0 Å². The predicted molar refractivity (Wildman–Crippen MR) is 83.0 cm³/mol. The third-order valence-electron chi connectivity index (χ3n) is 3.18. The molecule has 1 aliphatic heterocycles. The number of H-pyrrole nitrogens is 1. The van der Waals surface area contributed by atoms with Gasteiger partial charge in [0.2, 0.25) is 0 Å². The Morgan fingerprint density at radius 3 is 3.05 bits per heavy atom. The van der Waals surface area contributed by atoms with Gasteiger partial charge in [-0.1, -0.05) is 23.8 Å². The number of imidazole rings is 1. The Morgan fingerprint density at radius 1 is 1.42 bits per heavy atom. The molecule has 1 aromatic carbocycles. The first kappa shape index (κ1) is 12.1. The first-order valence-corrected chi connectivity index (χ1v) is 6.67. The third-order valence-corrected chi connectivity index (χ3v) is 3.46. The largest absolute Gasteiger partial charge is 0.330 e. The minimum Gasteiger partial charge on any atom is -0.330 e. The van der Waals surface area contributed by atoms with E-state index in [1.54, 1.807) is 0 Å². The summed E-state index contributed by atoms with van der Waals surface area (Å²) in [6.45, 7) is 4.20. The molecule has 2 aromatic rings. The molecule has 0 unspecified atom stereocenters. The number of nitrogens with zero attached hydrogens (tertiary/aromatic N) is 2. The molecule has 2 heterocycles. The number of aromatic amines is 1. The molecule has 0 amide bonds. The van der Waals surface area contributed by atoms with Crippen molar-refractivity contribution in [1.82, 2.24) is 9.55 Å². The second-order valence-corrected chi connectivity index (χ2v) is 5.28. The third kappa shape index (κ3) is 2.08. The number of nitrogens with one attached hydrogen (secondary N) is 1. The van der Waals surface area contributed by atoms with Crippen LogP contribution >= 0.6 is 12.2 Å². The van der Waals surface area contributed by atoms with Gasteiger partial charge in [0.1, 0.15) is 0 Å². The number of hydrogen-bond donors (Lipinski definition) is 1. The Bertz CT molecular complexity index is 783. The van der Waals surface area contributed by atoms with E-state index in [2.05, 4.69) is 40.5 Å². The molecule has 1 N–H and O–H groups in total. The van der Waals surface area contributed by atoms with Crippen LogP contribution in [0.1, 0.15) is 25.8 Å². The lowest BCUT2D eigenvalue weighted by Gasteiger charge is -2.07. The molecule has 1 aromatic heterocycles. The van der Waals surface area contributed by atoms with Crippen molar-refractivity contribution in [2.75, 3.05) is 0 Å². The summed E-state index contributed by atoms with van der Waals surface area (Å²) in [5.74, 6) is 0. The number of aromatic nitrogens is 2. The highest BCUT2D eigenvalue weighted by Gasteiger charge is 2.13. The van der Waals surface area contributed by atoms with Crippen LogP contribution in [0.25, 0.3) is 16.7 Å². The van der Waals surface area contributed by atoms with Crippen LogP contribution in [0.2, 0.25) is 0 Å². The van der Waals surface area contributed by atoms with Gasteiger partial charge in [-0.25, -0.2) is 0 Å². The van der Waals surface area contributed by atoms with Gasteiger partial charge >= 0.3 is 0 Å². The number of para-hydroxylation sites is 1. The van der Waals surface area contributed by atoms with Crippen LogP contribution in [0.15, 0.2) is 41.0 Å². The van der Waals surface area contributed by atoms with Gasteiger partial charge in [-0.15, -0.1) is 0 Å². The highest BCUT2D eigenvalue weighted by atomic mass is 32.1. The minimum absolute atomic E-state index is 0.723. The summed E-state index contributed by atoms with van der Waals surface area (Å²) in [5, 5.41) is 0. The number of allylic oxidation sites excluding steroid dienone is 3. The zero-order valence-corrected chi connectivity index (χ0v) is 11.8. The molecule has 0 saturated carbocycles. The van der Waals surface area contributed by atoms with Crippen LogP contribution < -0.4 is 0 Å². The van der Waals surface area contributed by atoms with Crippen LogP contribution in [0, 0.1) is 4.77 Å². The number of hydrogen-bond acceptors (Lipinski definition) is 2. The van der Waals surface area contributed by atoms with Crippen molar-refractivity contribution >= 4 is 35.2 Å². The van der Waals surface area contributed by atoms with E-state index in [1.165, 1.54) is 5.57 Å². The molecule has 19 heavy (non-hydrogen) atoms. The average molecular weight is 269 g/mol. The zero-order chi connectivity index (χ0) is 13.4. The first-order valence-electron chi connectivity index (χ1n) is 6.26. The molecule has 0 fully saturated rings. The highest BCUT2D eigenvalue weighted by Crippen LogP contribution is 2.25. The summed E-state index contributed by atoms with van der Waals surface area (Å²) in [5.41, 5.74) is 5.65. The second-order valence-electron chi connectivity index (χ2n) is 4.89. The highest BCUT2D eigenvalue weighted by molar-refractivity contribution is 7.71. The van der Waals surface area contributed by atoms with Gasteiger partial charge in [0.25, 0.3) is 0 Å². The summed E-state index contributed by atoms with van der Waals surface area (Å²) >= 11 is 5.45. The topological polar surface area (TPSA) is 33.1 Å². The van der Waals surface area contributed by atoms with Crippen molar-refractivity contribution in [1.29, 1.82) is 0 Å². The second kappa shape index (κ2) is 4.63. The summed E-state index contributed by atoms with van der Waals surface area (Å²) in [7, 11) is 0. The van der Waals surface area contributed by atoms with Crippen molar-refractivity contribution in [2.24, 2.45) is 4.99 Å². The van der Waals surface area contributed by atoms with Gasteiger partial charge in [-0.3, -0.25) is 9.56 Å². The molecule has 4 heteroatoms. The van der Waals surface area contributed by atoms with E-state index in [4.69, 9.17) is 12.2 Å². The molecule has 0 spiro atoms. The van der Waals surface area contributed by atoms with E-state index in [1.807, 2.05) is 24.5 Å². The molecule has 1 aliphatic rings. The molecular formula is C15H15N3S. The molecule has 3 nitrogen and oxygen atoms in total. The molecule has 0 radical (unpaired) electrons. The van der Waals surface area contributed by atoms with Gasteiger partial charge in [0.15, 0.2) is 4.77 Å². The van der Waals surface area contributed by atoms with Crippen LogP contribution in [0.5, 0.6) is 0 Å². The fourth-order valence-corrected chi connectivity index (χ4v) is 2.60. The van der Waals surface area contributed by atoms with Crippen LogP contribution in [0.3, 0.4) is 0 Å². The Hall–Kier alpha value is -1.94. The number of benzene rings is 1. The van der Waals surface area contributed by atoms with E-state index in [0.29, 0.717) is 0 Å². The normalized spacial score (nSPS) is 13.3. The SMILES string of the molecule is CC(C)=CCC1=CN=Cc2cccc3[nH]c(=S)n1c23. The van der Waals surface area contributed by atoms with E-state index in [9.17, 15) is 0 Å². The lowest BCUT2D eigenvalue weighted by Crippen LogP contribution is -1.97. The van der Waals surface area contributed by atoms with Crippen molar-refractivity contribution in [3.63, 3.8) is 0 Å². The van der Waals surface area contributed by atoms with Gasteiger partial charge < -0.3 is 4.98 Å². The summed E-state index contributed by atoms with van der Waals surface area (Å²) in [6, 6.07) is 6.12. The Balaban J connectivity index is 2.26. The average Bonchev–Trinajstić information content (AvgIpc) is 2.59.